The fraction of sp³-hybridized carbons (Fsp3) is 0.807. The molecular formula is C57H103O12P. The molecule has 1 aliphatic carbocycles. The molecule has 0 heterocycles. The summed E-state index contributed by atoms with van der Waals surface area (Å²) in [5.41, 5.74) is 0. The van der Waals surface area contributed by atoms with Crippen LogP contribution in [0.4, 0.5) is 0 Å². The Morgan fingerprint density at radius 3 is 1.30 bits per heavy atom. The van der Waals surface area contributed by atoms with Gasteiger partial charge in [0.1, 0.15) is 42.7 Å². The van der Waals surface area contributed by atoms with E-state index in [9.17, 15) is 39.8 Å². The molecule has 408 valence electrons. The van der Waals surface area contributed by atoms with Crippen molar-refractivity contribution in [1.82, 2.24) is 0 Å². The third kappa shape index (κ3) is 37.7. The summed E-state index contributed by atoms with van der Waals surface area (Å²) in [7, 11) is -5.03. The SMILES string of the molecule is CC/C=C\C/C=C\C/C=C\C/C=C\CCCCCCCCCOCC(COP(=O)(O)OC1C(O)C(O)C(O)C(O)C1O)OC(=O)CCCCCCCCCCCCC/C=C\CCCCCCCCCC. The number of carbonyl (C=O) groups excluding carboxylic acids is 1. The molecule has 6 N–H and O–H groups in total. The van der Waals surface area contributed by atoms with E-state index in [1.807, 2.05) is 0 Å². The fourth-order valence-corrected chi connectivity index (χ4v) is 9.43. The van der Waals surface area contributed by atoms with Crippen molar-refractivity contribution in [1.29, 1.82) is 0 Å². The van der Waals surface area contributed by atoms with Crippen LogP contribution in [0.15, 0.2) is 60.8 Å². The number of aliphatic hydroxyl groups is 5. The first-order valence-corrected chi connectivity index (χ1v) is 29.6. The van der Waals surface area contributed by atoms with E-state index in [4.69, 9.17) is 18.5 Å². The first-order chi connectivity index (χ1) is 34.0. The molecule has 0 spiro atoms. The van der Waals surface area contributed by atoms with Crippen LogP contribution in [0.3, 0.4) is 0 Å². The van der Waals surface area contributed by atoms with E-state index in [-0.39, 0.29) is 13.0 Å². The Morgan fingerprint density at radius 1 is 0.471 bits per heavy atom. The van der Waals surface area contributed by atoms with Crippen LogP contribution in [-0.2, 0) is 27.9 Å². The van der Waals surface area contributed by atoms with Crippen molar-refractivity contribution >= 4 is 13.8 Å². The minimum atomic E-state index is -5.03. The average molecular weight is 1010 g/mol. The summed E-state index contributed by atoms with van der Waals surface area (Å²) in [4.78, 5) is 23.3. The van der Waals surface area contributed by atoms with E-state index >= 15 is 0 Å². The van der Waals surface area contributed by atoms with E-state index in [0.717, 1.165) is 77.0 Å². The number of hydrogen-bond donors (Lipinski definition) is 6. The molecule has 1 rings (SSSR count). The van der Waals surface area contributed by atoms with Crippen LogP contribution in [0.5, 0.6) is 0 Å². The van der Waals surface area contributed by atoms with Crippen LogP contribution >= 0.6 is 7.82 Å². The van der Waals surface area contributed by atoms with Gasteiger partial charge in [0.15, 0.2) is 0 Å². The molecule has 0 aromatic carbocycles. The van der Waals surface area contributed by atoms with E-state index < -0.39 is 63.1 Å². The van der Waals surface area contributed by atoms with E-state index in [0.29, 0.717) is 13.0 Å². The Hall–Kier alpha value is -1.96. The monoisotopic (exact) mass is 1010 g/mol. The van der Waals surface area contributed by atoms with Gasteiger partial charge in [-0.3, -0.25) is 13.8 Å². The summed E-state index contributed by atoms with van der Waals surface area (Å²) in [6.07, 6.45) is 48.6. The molecule has 13 heteroatoms. The maximum atomic E-state index is 12.9. The molecule has 0 aromatic rings. The molecule has 70 heavy (non-hydrogen) atoms. The maximum absolute atomic E-state index is 12.9. The van der Waals surface area contributed by atoms with Crippen molar-refractivity contribution in [2.45, 2.75) is 275 Å². The number of phosphoric acid groups is 1. The number of carbonyl (C=O) groups is 1. The van der Waals surface area contributed by atoms with E-state index in [1.165, 1.54) is 128 Å². The Morgan fingerprint density at radius 2 is 0.843 bits per heavy atom. The number of esters is 1. The highest BCUT2D eigenvalue weighted by Gasteiger charge is 2.51. The zero-order valence-corrected chi connectivity index (χ0v) is 45.0. The molecule has 6 atom stereocenters. The molecule has 0 saturated heterocycles. The highest BCUT2D eigenvalue weighted by atomic mass is 31.2. The summed E-state index contributed by atoms with van der Waals surface area (Å²) in [5.74, 6) is -0.481. The molecule has 12 nitrogen and oxygen atoms in total. The summed E-state index contributed by atoms with van der Waals surface area (Å²) < 4.78 is 34.4. The third-order valence-electron chi connectivity index (χ3n) is 12.9. The molecule has 0 amide bonds. The molecular weight excluding hydrogens is 908 g/mol. The van der Waals surface area contributed by atoms with Crippen LogP contribution in [0.1, 0.15) is 232 Å². The summed E-state index contributed by atoms with van der Waals surface area (Å²) >= 11 is 0. The van der Waals surface area contributed by atoms with Crippen LogP contribution in [0.2, 0.25) is 0 Å². The lowest BCUT2D eigenvalue weighted by molar-refractivity contribution is -0.220. The minimum Gasteiger partial charge on any atom is -0.457 e. The Balaban J connectivity index is 2.30. The van der Waals surface area contributed by atoms with Crippen LogP contribution in [0, 0.1) is 0 Å². The van der Waals surface area contributed by atoms with Crippen molar-refractivity contribution in [2.24, 2.45) is 0 Å². The van der Waals surface area contributed by atoms with E-state index in [1.54, 1.807) is 0 Å². The second-order valence-corrected chi connectivity index (χ2v) is 20.8. The lowest BCUT2D eigenvalue weighted by Crippen LogP contribution is -2.64. The summed E-state index contributed by atoms with van der Waals surface area (Å²) in [6.45, 7) is 4.15. The van der Waals surface area contributed by atoms with Gasteiger partial charge in [0.05, 0.1) is 13.2 Å². The van der Waals surface area contributed by atoms with Gasteiger partial charge in [0.25, 0.3) is 0 Å². The molecule has 6 unspecified atom stereocenters. The number of allylic oxidation sites excluding steroid dienone is 10. The number of unbranched alkanes of at least 4 members (excludes halogenated alkanes) is 26. The predicted octanol–water partition coefficient (Wildman–Crippen LogP) is 13.3. The molecule has 0 radical (unpaired) electrons. The zero-order valence-electron chi connectivity index (χ0n) is 44.1. The molecule has 1 aliphatic rings. The highest BCUT2D eigenvalue weighted by molar-refractivity contribution is 7.47. The predicted molar refractivity (Wildman–Crippen MR) is 285 cm³/mol. The molecule has 0 bridgehead atoms. The van der Waals surface area contributed by atoms with Gasteiger partial charge in [-0.2, -0.15) is 0 Å². The Kier molecular flexibility index (Phi) is 44.2. The van der Waals surface area contributed by atoms with Gasteiger partial charge in [-0.1, -0.05) is 209 Å². The number of phosphoric ester groups is 1. The average Bonchev–Trinajstić information content (AvgIpc) is 3.35. The molecule has 1 saturated carbocycles. The highest BCUT2D eigenvalue weighted by Crippen LogP contribution is 2.47. The topological polar surface area (TPSA) is 192 Å². The summed E-state index contributed by atoms with van der Waals surface area (Å²) in [6, 6.07) is 0. The van der Waals surface area contributed by atoms with Gasteiger partial charge in [-0.25, -0.2) is 4.57 Å². The minimum absolute atomic E-state index is 0.0855. The quantitative estimate of drug-likeness (QED) is 0.0146. The lowest BCUT2D eigenvalue weighted by Gasteiger charge is -2.41. The van der Waals surface area contributed by atoms with Crippen molar-refractivity contribution < 1.29 is 58.3 Å². The number of ether oxygens (including phenoxy) is 2. The van der Waals surface area contributed by atoms with Crippen molar-refractivity contribution in [3.8, 4) is 0 Å². The van der Waals surface area contributed by atoms with E-state index in [2.05, 4.69) is 74.6 Å². The van der Waals surface area contributed by atoms with Gasteiger partial charge in [-0.05, 0) is 77.0 Å². The van der Waals surface area contributed by atoms with Crippen LogP contribution < -0.4 is 0 Å². The zero-order chi connectivity index (χ0) is 51.2. The van der Waals surface area contributed by atoms with Gasteiger partial charge in [0, 0.05) is 13.0 Å². The standard InChI is InChI=1S/C57H103O12P/c1-3-5-7-9-11-13-15-17-19-21-23-25-26-27-28-30-32-34-36-38-40-42-44-46-51(58)68-50(49-67-70(64,65)69-57-55(62)53(60)52(59)54(61)56(57)63)48-66-47-45-43-41-39-37-35-33-31-29-24-22-20-18-16-14-12-10-8-6-4-2/h6,8,12,14,18,20-21,23-24,29,50,52-57,59-63H,3-5,7,9-11,13,15-17,19,22,25-28,30-49H2,1-2H3,(H,64,65)/b8-6-,14-12-,20-18-,23-21-,29-24-. The third-order valence-corrected chi connectivity index (χ3v) is 13.9. The Bertz CT molecular complexity index is 1380. The first kappa shape index (κ1) is 66.1. The van der Waals surface area contributed by atoms with Crippen molar-refractivity contribution in [2.75, 3.05) is 19.8 Å². The smallest absolute Gasteiger partial charge is 0.457 e. The first-order valence-electron chi connectivity index (χ1n) is 28.1. The van der Waals surface area contributed by atoms with Crippen molar-refractivity contribution in [3.05, 3.63) is 60.8 Å². The van der Waals surface area contributed by atoms with Crippen molar-refractivity contribution in [3.63, 3.8) is 0 Å². The fourth-order valence-electron chi connectivity index (χ4n) is 8.46. The lowest BCUT2D eigenvalue weighted by atomic mass is 9.85. The second kappa shape index (κ2) is 46.8. The second-order valence-electron chi connectivity index (χ2n) is 19.4. The number of rotatable bonds is 48. The van der Waals surface area contributed by atoms with Gasteiger partial charge in [-0.15, -0.1) is 0 Å². The molecule has 1 fully saturated rings. The van der Waals surface area contributed by atoms with Crippen LogP contribution in [0.25, 0.3) is 0 Å². The van der Waals surface area contributed by atoms with Gasteiger partial charge < -0.3 is 39.9 Å². The largest absolute Gasteiger partial charge is 0.472 e. The molecule has 0 aliphatic heterocycles. The molecule has 0 aromatic heterocycles. The normalized spacial score (nSPS) is 21.3. The number of hydrogen-bond acceptors (Lipinski definition) is 11. The van der Waals surface area contributed by atoms with Gasteiger partial charge >= 0.3 is 13.8 Å². The van der Waals surface area contributed by atoms with Crippen LogP contribution in [-0.4, -0.2) is 98.9 Å². The van der Waals surface area contributed by atoms with Gasteiger partial charge in [0.2, 0.25) is 0 Å². The Labute approximate surface area is 426 Å². The summed E-state index contributed by atoms with van der Waals surface area (Å²) in [5, 5.41) is 50.4. The maximum Gasteiger partial charge on any atom is 0.472 e. The number of aliphatic hydroxyl groups excluding tert-OH is 5.